The quantitative estimate of drug-likeness (QED) is 0.478. The summed E-state index contributed by atoms with van der Waals surface area (Å²) < 4.78 is 5.10. The number of aromatic hydroxyl groups is 1. The van der Waals surface area contributed by atoms with Crippen molar-refractivity contribution in [1.82, 2.24) is 10.9 Å². The summed E-state index contributed by atoms with van der Waals surface area (Å²) in [5.41, 5.74) is 4.77. The van der Waals surface area contributed by atoms with Gasteiger partial charge in [-0.2, -0.15) is 0 Å². The van der Waals surface area contributed by atoms with E-state index in [1.807, 2.05) is 6.07 Å². The second-order valence-corrected chi connectivity index (χ2v) is 6.04. The van der Waals surface area contributed by atoms with Crippen molar-refractivity contribution in [2.24, 2.45) is 0 Å². The Morgan fingerprint density at radius 1 is 0.893 bits per heavy atom. The Morgan fingerprint density at radius 2 is 1.57 bits per heavy atom. The lowest BCUT2D eigenvalue weighted by Crippen LogP contribution is -2.46. The lowest BCUT2D eigenvalue weighted by Gasteiger charge is -2.15. The summed E-state index contributed by atoms with van der Waals surface area (Å²) in [6, 6.07) is 18.5. The van der Waals surface area contributed by atoms with E-state index < -0.39 is 23.9 Å². The number of fused-ring (bicyclic) bond motifs is 1. The molecule has 0 bridgehead atoms. The second kappa shape index (κ2) is 8.22. The van der Waals surface area contributed by atoms with Crippen LogP contribution in [0, 0.1) is 0 Å². The highest BCUT2D eigenvalue weighted by atomic mass is 16.5. The van der Waals surface area contributed by atoms with Crippen molar-refractivity contribution in [3.8, 4) is 5.75 Å². The zero-order valence-corrected chi connectivity index (χ0v) is 15.0. The third-order valence-corrected chi connectivity index (χ3v) is 4.11. The number of esters is 1. The Balaban J connectivity index is 1.61. The number of phenolic OH excluding ortho intramolecular Hbond substituents is 1. The van der Waals surface area contributed by atoms with Gasteiger partial charge in [0, 0.05) is 10.9 Å². The Bertz CT molecular complexity index is 1030. The lowest BCUT2D eigenvalue weighted by molar-refractivity contribution is -0.129. The third-order valence-electron chi connectivity index (χ3n) is 4.11. The van der Waals surface area contributed by atoms with Crippen molar-refractivity contribution in [3.63, 3.8) is 0 Å². The summed E-state index contributed by atoms with van der Waals surface area (Å²) in [5.74, 6) is -2.27. The molecule has 0 aliphatic heterocycles. The highest BCUT2D eigenvalue weighted by molar-refractivity contribution is 6.02. The van der Waals surface area contributed by atoms with Crippen LogP contribution in [0.4, 0.5) is 0 Å². The molecular weight excluding hydrogens is 360 g/mol. The SMILES string of the molecule is C[C@H](OC(=O)c1ccc2ccccc2c1O)C(=O)NNC(=O)c1ccccc1. The number of benzene rings is 3. The van der Waals surface area contributed by atoms with Gasteiger partial charge in [-0.05, 0) is 30.5 Å². The van der Waals surface area contributed by atoms with Crippen LogP contribution in [0.2, 0.25) is 0 Å². The molecule has 3 N–H and O–H groups in total. The minimum atomic E-state index is -1.19. The molecule has 0 spiro atoms. The number of carbonyl (C=O) groups excluding carboxylic acids is 3. The topological polar surface area (TPSA) is 105 Å². The molecule has 7 nitrogen and oxygen atoms in total. The summed E-state index contributed by atoms with van der Waals surface area (Å²) in [4.78, 5) is 36.3. The van der Waals surface area contributed by atoms with Gasteiger partial charge in [0.15, 0.2) is 6.10 Å². The van der Waals surface area contributed by atoms with Gasteiger partial charge in [-0.25, -0.2) is 4.79 Å². The van der Waals surface area contributed by atoms with E-state index in [0.29, 0.717) is 10.9 Å². The fourth-order valence-electron chi connectivity index (χ4n) is 2.58. The number of phenols is 1. The third kappa shape index (κ3) is 4.09. The van der Waals surface area contributed by atoms with E-state index in [2.05, 4.69) is 10.9 Å². The minimum Gasteiger partial charge on any atom is -0.506 e. The Labute approximate surface area is 160 Å². The van der Waals surface area contributed by atoms with E-state index in [4.69, 9.17) is 4.74 Å². The van der Waals surface area contributed by atoms with Gasteiger partial charge < -0.3 is 9.84 Å². The van der Waals surface area contributed by atoms with Crippen molar-refractivity contribution in [2.75, 3.05) is 0 Å². The van der Waals surface area contributed by atoms with Crippen LogP contribution < -0.4 is 10.9 Å². The zero-order valence-electron chi connectivity index (χ0n) is 15.0. The maximum atomic E-state index is 12.3. The molecule has 2 amide bonds. The largest absolute Gasteiger partial charge is 0.506 e. The molecule has 0 radical (unpaired) electrons. The fourth-order valence-corrected chi connectivity index (χ4v) is 2.58. The van der Waals surface area contributed by atoms with E-state index in [1.165, 1.54) is 13.0 Å². The van der Waals surface area contributed by atoms with Gasteiger partial charge in [0.25, 0.3) is 11.8 Å². The summed E-state index contributed by atoms with van der Waals surface area (Å²) in [6.07, 6.45) is -1.19. The van der Waals surface area contributed by atoms with E-state index in [0.717, 1.165) is 5.39 Å². The van der Waals surface area contributed by atoms with E-state index >= 15 is 0 Å². The maximum Gasteiger partial charge on any atom is 0.342 e. The highest BCUT2D eigenvalue weighted by Crippen LogP contribution is 2.29. The zero-order chi connectivity index (χ0) is 20.1. The number of hydrogen-bond donors (Lipinski definition) is 3. The minimum absolute atomic E-state index is 0.0494. The molecule has 0 heterocycles. The molecule has 0 fully saturated rings. The second-order valence-electron chi connectivity index (χ2n) is 6.04. The number of hydrogen-bond acceptors (Lipinski definition) is 5. The van der Waals surface area contributed by atoms with Gasteiger partial charge in [0.2, 0.25) is 0 Å². The molecule has 28 heavy (non-hydrogen) atoms. The van der Waals surface area contributed by atoms with Crippen molar-refractivity contribution >= 4 is 28.6 Å². The van der Waals surface area contributed by atoms with Crippen LogP contribution in [-0.4, -0.2) is 29.0 Å². The van der Waals surface area contributed by atoms with Crippen LogP contribution in [-0.2, 0) is 9.53 Å². The molecule has 7 heteroatoms. The fraction of sp³-hybridized carbons (Fsp3) is 0.0952. The lowest BCUT2D eigenvalue weighted by atomic mass is 10.1. The maximum absolute atomic E-state index is 12.3. The molecule has 142 valence electrons. The molecule has 3 aromatic carbocycles. The van der Waals surface area contributed by atoms with Gasteiger partial charge in [0.05, 0.1) is 0 Å². The normalized spacial score (nSPS) is 11.5. The average Bonchev–Trinajstić information content (AvgIpc) is 2.72. The molecule has 0 aliphatic carbocycles. The number of hydrazine groups is 1. The first-order valence-electron chi connectivity index (χ1n) is 8.54. The van der Waals surface area contributed by atoms with Gasteiger partial charge in [0.1, 0.15) is 11.3 Å². The van der Waals surface area contributed by atoms with Gasteiger partial charge in [-0.3, -0.25) is 20.4 Å². The van der Waals surface area contributed by atoms with Crippen LogP contribution in [0.15, 0.2) is 66.7 Å². The predicted octanol–water partition coefficient (Wildman–Crippen LogP) is 2.55. The number of ether oxygens (including phenoxy) is 1. The molecule has 0 saturated heterocycles. The van der Waals surface area contributed by atoms with Crippen molar-refractivity contribution < 1.29 is 24.2 Å². The number of nitrogens with one attached hydrogen (secondary N) is 2. The Morgan fingerprint density at radius 3 is 2.32 bits per heavy atom. The molecule has 0 aromatic heterocycles. The van der Waals surface area contributed by atoms with Crippen molar-refractivity contribution in [2.45, 2.75) is 13.0 Å². The van der Waals surface area contributed by atoms with E-state index in [-0.39, 0.29) is 11.3 Å². The highest BCUT2D eigenvalue weighted by Gasteiger charge is 2.22. The summed E-state index contributed by atoms with van der Waals surface area (Å²) in [5, 5.41) is 11.6. The monoisotopic (exact) mass is 378 g/mol. The first-order chi connectivity index (χ1) is 13.5. The summed E-state index contributed by atoms with van der Waals surface area (Å²) in [6.45, 7) is 1.36. The van der Waals surface area contributed by atoms with E-state index in [1.54, 1.807) is 54.6 Å². The standard InChI is InChI=1S/C21H18N2O5/c1-13(19(25)22-23-20(26)15-8-3-2-4-9-15)28-21(27)17-12-11-14-7-5-6-10-16(14)18(17)24/h2-13,24H,1H3,(H,22,25)(H,23,26)/t13-/m0/s1. The van der Waals surface area contributed by atoms with Crippen LogP contribution in [0.5, 0.6) is 5.75 Å². The predicted molar refractivity (Wildman–Crippen MR) is 103 cm³/mol. The molecule has 1 atom stereocenters. The molecule has 3 aromatic rings. The van der Waals surface area contributed by atoms with Crippen molar-refractivity contribution in [3.05, 3.63) is 77.9 Å². The number of amides is 2. The number of rotatable bonds is 4. The number of carbonyl (C=O) groups is 3. The molecule has 3 rings (SSSR count). The average molecular weight is 378 g/mol. The van der Waals surface area contributed by atoms with Crippen LogP contribution in [0.3, 0.4) is 0 Å². The van der Waals surface area contributed by atoms with Gasteiger partial charge in [-0.1, -0.05) is 48.5 Å². The van der Waals surface area contributed by atoms with Crippen LogP contribution in [0.1, 0.15) is 27.6 Å². The smallest absolute Gasteiger partial charge is 0.342 e. The van der Waals surface area contributed by atoms with Crippen LogP contribution in [0.25, 0.3) is 10.8 Å². The molecule has 0 unspecified atom stereocenters. The van der Waals surface area contributed by atoms with Crippen molar-refractivity contribution in [1.29, 1.82) is 0 Å². The summed E-state index contributed by atoms with van der Waals surface area (Å²) >= 11 is 0. The molecular formula is C21H18N2O5. The van der Waals surface area contributed by atoms with E-state index in [9.17, 15) is 19.5 Å². The van der Waals surface area contributed by atoms with Crippen LogP contribution >= 0.6 is 0 Å². The molecule has 0 aliphatic rings. The first kappa shape index (κ1) is 18.9. The van der Waals surface area contributed by atoms with Gasteiger partial charge in [-0.15, -0.1) is 0 Å². The Hall–Kier alpha value is -3.87. The summed E-state index contributed by atoms with van der Waals surface area (Å²) in [7, 11) is 0. The Kier molecular flexibility index (Phi) is 5.55. The molecule has 0 saturated carbocycles. The van der Waals surface area contributed by atoms with Gasteiger partial charge >= 0.3 is 5.97 Å². The first-order valence-corrected chi connectivity index (χ1v) is 8.54.